The van der Waals surface area contributed by atoms with Gasteiger partial charge in [-0.2, -0.15) is 0 Å². The van der Waals surface area contributed by atoms with Gasteiger partial charge >= 0.3 is 0 Å². The SMILES string of the molecule is c1ccc(-c2ccc(-n3c4ccccc4c4cc(-n5c6ccccc6c6cc7ccccc7c(-c7cc(-c8ccccc8)nc(-c8ccccc8)n7)c65)ccc43)cc2)cc1. The van der Waals surface area contributed by atoms with Crippen LogP contribution in [0.5, 0.6) is 0 Å². The summed E-state index contributed by atoms with van der Waals surface area (Å²) >= 11 is 0. The van der Waals surface area contributed by atoms with Crippen LogP contribution in [0.25, 0.3) is 111 Å². The molecular formula is C56H36N4. The zero-order valence-electron chi connectivity index (χ0n) is 32.6. The van der Waals surface area contributed by atoms with E-state index in [9.17, 15) is 0 Å². The second-order valence-corrected chi connectivity index (χ2v) is 15.4. The number of benzene rings is 9. The van der Waals surface area contributed by atoms with E-state index in [1.165, 1.54) is 43.6 Å². The minimum atomic E-state index is 0.696. The molecule has 3 heterocycles. The summed E-state index contributed by atoms with van der Waals surface area (Å²) in [6.07, 6.45) is 0. The second-order valence-electron chi connectivity index (χ2n) is 15.4. The topological polar surface area (TPSA) is 35.6 Å². The lowest BCUT2D eigenvalue weighted by Gasteiger charge is -2.16. The summed E-state index contributed by atoms with van der Waals surface area (Å²) in [7, 11) is 0. The molecule has 0 amide bonds. The maximum absolute atomic E-state index is 5.43. The lowest BCUT2D eigenvalue weighted by atomic mass is 9.96. The number of hydrogen-bond acceptors (Lipinski definition) is 2. The Bertz CT molecular complexity index is 3510. The molecule has 9 aromatic carbocycles. The standard InChI is InChI=1S/C56H36N4/c1-4-16-37(17-5-1)38-28-30-42(31-29-38)59-51-26-14-12-24-45(51)47-35-43(32-33-53(47)59)60-52-27-15-13-25-46(52)48-34-41-22-10-11-23-44(41)54(55(48)60)50-36-49(39-18-6-2-7-19-39)57-56(58-50)40-20-8-3-9-21-40/h1-36H. The van der Waals surface area contributed by atoms with E-state index in [0.717, 1.165) is 61.4 Å². The van der Waals surface area contributed by atoms with E-state index in [2.05, 4.69) is 215 Å². The first-order chi connectivity index (χ1) is 29.8. The van der Waals surface area contributed by atoms with Gasteiger partial charge < -0.3 is 9.13 Å². The summed E-state index contributed by atoms with van der Waals surface area (Å²) in [6.45, 7) is 0. The highest BCUT2D eigenvalue weighted by atomic mass is 15.0. The molecule has 4 nitrogen and oxygen atoms in total. The summed E-state index contributed by atoms with van der Waals surface area (Å²) in [5.41, 5.74) is 14.1. The molecule has 60 heavy (non-hydrogen) atoms. The van der Waals surface area contributed by atoms with E-state index >= 15 is 0 Å². The van der Waals surface area contributed by atoms with Crippen molar-refractivity contribution in [1.29, 1.82) is 0 Å². The minimum absolute atomic E-state index is 0.696. The number of aromatic nitrogens is 4. The normalized spacial score (nSPS) is 11.7. The number of para-hydroxylation sites is 2. The summed E-state index contributed by atoms with van der Waals surface area (Å²) in [4.78, 5) is 10.6. The van der Waals surface area contributed by atoms with Gasteiger partial charge in [0.2, 0.25) is 0 Å². The largest absolute Gasteiger partial charge is 0.309 e. The predicted molar refractivity (Wildman–Crippen MR) is 250 cm³/mol. The van der Waals surface area contributed by atoms with Crippen LogP contribution in [0.3, 0.4) is 0 Å². The molecule has 12 rings (SSSR count). The average Bonchev–Trinajstić information content (AvgIpc) is 3.83. The van der Waals surface area contributed by atoms with Crippen LogP contribution in [0.15, 0.2) is 218 Å². The van der Waals surface area contributed by atoms with Crippen LogP contribution in [0.2, 0.25) is 0 Å². The molecule has 0 saturated carbocycles. The first-order valence-corrected chi connectivity index (χ1v) is 20.4. The fourth-order valence-electron chi connectivity index (χ4n) is 9.18. The van der Waals surface area contributed by atoms with Crippen LogP contribution in [0, 0.1) is 0 Å². The molecule has 0 aliphatic rings. The molecule has 0 atom stereocenters. The number of hydrogen-bond donors (Lipinski definition) is 0. The fraction of sp³-hybridized carbons (Fsp3) is 0. The van der Waals surface area contributed by atoms with Crippen LogP contribution < -0.4 is 0 Å². The predicted octanol–water partition coefficient (Wildman–Crippen LogP) is 14.5. The van der Waals surface area contributed by atoms with E-state index in [4.69, 9.17) is 9.97 Å². The van der Waals surface area contributed by atoms with Crippen molar-refractivity contribution in [1.82, 2.24) is 19.1 Å². The average molecular weight is 765 g/mol. The lowest BCUT2D eigenvalue weighted by molar-refractivity contribution is 1.16. The highest BCUT2D eigenvalue weighted by molar-refractivity contribution is 6.21. The van der Waals surface area contributed by atoms with Gasteiger partial charge in [0.15, 0.2) is 5.82 Å². The third-order valence-electron chi connectivity index (χ3n) is 11.9. The number of nitrogens with zero attached hydrogens (tertiary/aromatic N) is 4. The third-order valence-corrected chi connectivity index (χ3v) is 11.9. The molecule has 12 aromatic rings. The van der Waals surface area contributed by atoms with Crippen LogP contribution in [-0.4, -0.2) is 19.1 Å². The lowest BCUT2D eigenvalue weighted by Crippen LogP contribution is -2.00. The summed E-state index contributed by atoms with van der Waals surface area (Å²) in [6, 6.07) is 78.0. The Morgan fingerprint density at radius 2 is 0.817 bits per heavy atom. The smallest absolute Gasteiger partial charge is 0.160 e. The first kappa shape index (κ1) is 34.0. The Morgan fingerprint density at radius 1 is 0.300 bits per heavy atom. The molecule has 0 aliphatic heterocycles. The van der Waals surface area contributed by atoms with E-state index in [0.29, 0.717) is 5.82 Å². The van der Waals surface area contributed by atoms with Crippen molar-refractivity contribution in [2.45, 2.75) is 0 Å². The zero-order valence-corrected chi connectivity index (χ0v) is 32.6. The molecule has 3 aromatic heterocycles. The maximum Gasteiger partial charge on any atom is 0.160 e. The van der Waals surface area contributed by atoms with E-state index in [1.54, 1.807) is 0 Å². The second kappa shape index (κ2) is 13.8. The number of rotatable bonds is 6. The van der Waals surface area contributed by atoms with Gasteiger partial charge in [-0.15, -0.1) is 0 Å². The van der Waals surface area contributed by atoms with Gasteiger partial charge in [0.05, 0.1) is 33.5 Å². The van der Waals surface area contributed by atoms with Crippen molar-refractivity contribution >= 4 is 54.4 Å². The molecular weight excluding hydrogens is 729 g/mol. The number of fused-ring (bicyclic) bond motifs is 7. The Balaban J connectivity index is 1.14. The molecule has 0 unspecified atom stereocenters. The Kier molecular flexibility index (Phi) is 7.82. The molecule has 0 fully saturated rings. The van der Waals surface area contributed by atoms with Crippen LogP contribution in [0.1, 0.15) is 0 Å². The summed E-state index contributed by atoms with van der Waals surface area (Å²) in [5, 5.41) is 7.10. The van der Waals surface area contributed by atoms with Gasteiger partial charge in [-0.25, -0.2) is 9.97 Å². The minimum Gasteiger partial charge on any atom is -0.309 e. The summed E-state index contributed by atoms with van der Waals surface area (Å²) < 4.78 is 4.85. The molecule has 0 bridgehead atoms. The molecule has 0 saturated heterocycles. The van der Waals surface area contributed by atoms with Crippen molar-refractivity contribution in [2.75, 3.05) is 0 Å². The monoisotopic (exact) mass is 764 g/mol. The van der Waals surface area contributed by atoms with Gasteiger partial charge in [0.25, 0.3) is 0 Å². The van der Waals surface area contributed by atoms with Gasteiger partial charge in [0, 0.05) is 49.6 Å². The Hall–Kier alpha value is -8.08. The van der Waals surface area contributed by atoms with Crippen LogP contribution in [0.4, 0.5) is 0 Å². The molecule has 280 valence electrons. The third kappa shape index (κ3) is 5.46. The molecule has 0 N–H and O–H groups in total. The summed E-state index contributed by atoms with van der Waals surface area (Å²) in [5.74, 6) is 0.696. The van der Waals surface area contributed by atoms with Crippen molar-refractivity contribution in [3.05, 3.63) is 218 Å². The maximum atomic E-state index is 5.43. The van der Waals surface area contributed by atoms with Gasteiger partial charge in [-0.3, -0.25) is 0 Å². The van der Waals surface area contributed by atoms with E-state index in [1.807, 2.05) is 12.1 Å². The van der Waals surface area contributed by atoms with E-state index < -0.39 is 0 Å². The molecule has 0 radical (unpaired) electrons. The fourth-order valence-corrected chi connectivity index (χ4v) is 9.18. The van der Waals surface area contributed by atoms with Crippen molar-refractivity contribution in [3.63, 3.8) is 0 Å². The Morgan fingerprint density at radius 3 is 1.53 bits per heavy atom. The quantitative estimate of drug-likeness (QED) is 0.169. The first-order valence-electron chi connectivity index (χ1n) is 20.4. The molecule has 0 aliphatic carbocycles. The zero-order chi connectivity index (χ0) is 39.6. The Labute approximate surface area is 346 Å². The van der Waals surface area contributed by atoms with Gasteiger partial charge in [-0.05, 0) is 76.5 Å². The molecule has 0 spiro atoms. The van der Waals surface area contributed by atoms with Crippen LogP contribution in [-0.2, 0) is 0 Å². The van der Waals surface area contributed by atoms with Crippen molar-refractivity contribution < 1.29 is 0 Å². The van der Waals surface area contributed by atoms with Gasteiger partial charge in [0.1, 0.15) is 0 Å². The highest BCUT2D eigenvalue weighted by Crippen LogP contribution is 2.44. The highest BCUT2D eigenvalue weighted by Gasteiger charge is 2.23. The van der Waals surface area contributed by atoms with Gasteiger partial charge in [-0.1, -0.05) is 164 Å². The van der Waals surface area contributed by atoms with Crippen molar-refractivity contribution in [2.24, 2.45) is 0 Å². The molecule has 4 heteroatoms. The van der Waals surface area contributed by atoms with Crippen LogP contribution >= 0.6 is 0 Å². The van der Waals surface area contributed by atoms with E-state index in [-0.39, 0.29) is 0 Å². The van der Waals surface area contributed by atoms with Crippen molar-refractivity contribution in [3.8, 4) is 56.4 Å².